The molecule has 1 saturated heterocycles. The minimum atomic E-state index is -0.462. The van der Waals surface area contributed by atoms with Gasteiger partial charge in [-0.15, -0.1) is 0 Å². The molecule has 2 aromatic carbocycles. The van der Waals surface area contributed by atoms with E-state index in [1.165, 1.54) is 12.1 Å². The molecule has 34 heavy (non-hydrogen) atoms. The SMILES string of the molecule is Cc1c(C(N)=O)cc(OCC2CCN2C)cc1C1(c2cc(N(C)C)nc3cc(F)ccc23)CC1. The van der Waals surface area contributed by atoms with Crippen molar-refractivity contribution in [1.82, 2.24) is 9.88 Å². The number of hydrogen-bond donors (Lipinski definition) is 1. The van der Waals surface area contributed by atoms with Crippen molar-refractivity contribution < 1.29 is 13.9 Å². The van der Waals surface area contributed by atoms with Gasteiger partial charge in [-0.3, -0.25) is 9.69 Å². The maximum absolute atomic E-state index is 14.1. The summed E-state index contributed by atoms with van der Waals surface area (Å²) in [6, 6.07) is 11.1. The van der Waals surface area contributed by atoms with Crippen LogP contribution in [0, 0.1) is 12.7 Å². The van der Waals surface area contributed by atoms with Crippen molar-refractivity contribution in [2.45, 2.75) is 37.6 Å². The second-order valence-electron chi connectivity index (χ2n) is 9.91. The van der Waals surface area contributed by atoms with Gasteiger partial charge in [0, 0.05) is 42.6 Å². The van der Waals surface area contributed by atoms with E-state index in [0.717, 1.165) is 53.7 Å². The Labute approximate surface area is 199 Å². The molecule has 6 nitrogen and oxygen atoms in total. The van der Waals surface area contributed by atoms with E-state index in [0.29, 0.717) is 29.5 Å². The molecule has 2 N–H and O–H groups in total. The van der Waals surface area contributed by atoms with Crippen LogP contribution in [0.5, 0.6) is 5.75 Å². The van der Waals surface area contributed by atoms with E-state index in [4.69, 9.17) is 10.5 Å². The van der Waals surface area contributed by atoms with E-state index < -0.39 is 5.91 Å². The Hall–Kier alpha value is -3.19. The highest BCUT2D eigenvalue weighted by molar-refractivity contribution is 5.95. The first-order valence-electron chi connectivity index (χ1n) is 11.8. The third kappa shape index (κ3) is 3.78. The summed E-state index contributed by atoms with van der Waals surface area (Å²) in [4.78, 5) is 21.2. The van der Waals surface area contributed by atoms with Gasteiger partial charge in [-0.1, -0.05) is 0 Å². The van der Waals surface area contributed by atoms with Gasteiger partial charge in [0.1, 0.15) is 24.0 Å². The zero-order valence-electron chi connectivity index (χ0n) is 20.2. The average molecular weight is 463 g/mol. The summed E-state index contributed by atoms with van der Waals surface area (Å²) in [5.41, 5.74) is 9.60. The normalized spacial score (nSPS) is 19.0. The topological polar surface area (TPSA) is 71.7 Å². The molecule has 2 fully saturated rings. The maximum atomic E-state index is 14.1. The van der Waals surface area contributed by atoms with Crippen LogP contribution in [0.1, 0.15) is 46.3 Å². The highest BCUT2D eigenvalue weighted by atomic mass is 19.1. The number of nitrogens with zero attached hydrogens (tertiary/aromatic N) is 3. The van der Waals surface area contributed by atoms with E-state index in [-0.39, 0.29) is 11.2 Å². The van der Waals surface area contributed by atoms with E-state index in [1.807, 2.05) is 32.0 Å². The molecule has 3 aromatic rings. The number of ether oxygens (including phenoxy) is 1. The molecule has 1 saturated carbocycles. The fourth-order valence-corrected chi connectivity index (χ4v) is 5.12. The quantitative estimate of drug-likeness (QED) is 0.575. The van der Waals surface area contributed by atoms with Crippen LogP contribution in [0.4, 0.5) is 10.2 Å². The number of amides is 1. The minimum Gasteiger partial charge on any atom is -0.492 e. The van der Waals surface area contributed by atoms with Crippen LogP contribution in [0.25, 0.3) is 10.9 Å². The highest BCUT2D eigenvalue weighted by Gasteiger charge is 2.48. The van der Waals surface area contributed by atoms with Gasteiger partial charge in [0.25, 0.3) is 0 Å². The Morgan fingerprint density at radius 1 is 1.24 bits per heavy atom. The number of rotatable bonds is 7. The molecule has 0 bridgehead atoms. The fourth-order valence-electron chi connectivity index (χ4n) is 5.12. The smallest absolute Gasteiger partial charge is 0.249 e. The lowest BCUT2D eigenvalue weighted by Gasteiger charge is -2.37. The van der Waals surface area contributed by atoms with Crippen molar-refractivity contribution >= 4 is 22.6 Å². The lowest BCUT2D eigenvalue weighted by molar-refractivity contribution is 0.0767. The van der Waals surface area contributed by atoms with Crippen molar-refractivity contribution in [3.05, 3.63) is 64.5 Å². The molecular weight excluding hydrogens is 431 g/mol. The van der Waals surface area contributed by atoms with Crippen LogP contribution in [-0.4, -0.2) is 56.1 Å². The third-order valence-electron chi connectivity index (χ3n) is 7.53. The van der Waals surface area contributed by atoms with Crippen molar-refractivity contribution in [2.75, 3.05) is 39.2 Å². The number of halogens is 1. The van der Waals surface area contributed by atoms with Crippen molar-refractivity contribution in [2.24, 2.45) is 5.73 Å². The predicted octanol–water partition coefficient (Wildman–Crippen LogP) is 4.01. The Balaban J connectivity index is 1.64. The highest BCUT2D eigenvalue weighted by Crippen LogP contribution is 2.57. The molecule has 0 radical (unpaired) electrons. The summed E-state index contributed by atoms with van der Waals surface area (Å²) in [6.45, 7) is 3.61. The first-order valence-corrected chi connectivity index (χ1v) is 11.8. The van der Waals surface area contributed by atoms with E-state index in [1.54, 1.807) is 6.07 Å². The van der Waals surface area contributed by atoms with E-state index >= 15 is 0 Å². The number of carbonyl (C=O) groups excluding carboxylic acids is 1. The third-order valence-corrected chi connectivity index (χ3v) is 7.53. The molecule has 7 heteroatoms. The van der Waals surface area contributed by atoms with Gasteiger partial charge in [-0.25, -0.2) is 9.37 Å². The fraction of sp³-hybridized carbons (Fsp3) is 0.407. The number of benzene rings is 2. The molecule has 1 aliphatic carbocycles. The number of fused-ring (bicyclic) bond motifs is 1. The number of pyridine rings is 1. The predicted molar refractivity (Wildman–Crippen MR) is 132 cm³/mol. The molecule has 1 unspecified atom stereocenters. The van der Waals surface area contributed by atoms with Crippen LogP contribution >= 0.6 is 0 Å². The molecule has 5 rings (SSSR count). The van der Waals surface area contributed by atoms with Crippen LogP contribution in [0.3, 0.4) is 0 Å². The first kappa shape index (κ1) is 22.6. The van der Waals surface area contributed by atoms with Gasteiger partial charge in [0.15, 0.2) is 0 Å². The summed E-state index contributed by atoms with van der Waals surface area (Å²) < 4.78 is 20.3. The largest absolute Gasteiger partial charge is 0.492 e. The number of nitrogens with two attached hydrogens (primary N) is 1. The first-order chi connectivity index (χ1) is 16.2. The standard InChI is InChI=1S/C27H31FN4O2/c1-16-21(26(29)33)12-19(34-15-18-7-10-32(18)4)13-22(16)27(8-9-27)23-14-25(31(2)3)30-24-11-17(28)5-6-20(23)24/h5-6,11-14,18H,7-10,15H2,1-4H3,(H2,29,33). The molecule has 1 aromatic heterocycles. The van der Waals surface area contributed by atoms with E-state index in [2.05, 4.69) is 29.1 Å². The van der Waals surface area contributed by atoms with Crippen LogP contribution < -0.4 is 15.4 Å². The molecule has 178 valence electrons. The zero-order valence-corrected chi connectivity index (χ0v) is 20.2. The van der Waals surface area contributed by atoms with Crippen molar-refractivity contribution in [1.29, 1.82) is 0 Å². The van der Waals surface area contributed by atoms with E-state index in [9.17, 15) is 9.18 Å². The van der Waals surface area contributed by atoms with Gasteiger partial charge in [0.05, 0.1) is 5.52 Å². The second-order valence-corrected chi connectivity index (χ2v) is 9.91. The van der Waals surface area contributed by atoms with Gasteiger partial charge in [-0.05, 0) is 86.8 Å². The summed E-state index contributed by atoms with van der Waals surface area (Å²) in [7, 11) is 5.95. The van der Waals surface area contributed by atoms with Gasteiger partial charge in [0.2, 0.25) is 5.91 Å². The average Bonchev–Trinajstić information content (AvgIpc) is 3.59. The molecule has 1 aliphatic heterocycles. The zero-order chi connectivity index (χ0) is 24.2. The Morgan fingerprint density at radius 3 is 2.59 bits per heavy atom. The number of hydrogen-bond acceptors (Lipinski definition) is 5. The summed E-state index contributed by atoms with van der Waals surface area (Å²) >= 11 is 0. The number of aromatic nitrogens is 1. The minimum absolute atomic E-state index is 0.301. The molecule has 1 atom stereocenters. The molecule has 2 aliphatic rings. The van der Waals surface area contributed by atoms with Crippen molar-refractivity contribution in [3.8, 4) is 5.75 Å². The number of anilines is 1. The Morgan fingerprint density at radius 2 is 2.00 bits per heavy atom. The second kappa shape index (κ2) is 8.24. The van der Waals surface area contributed by atoms with Gasteiger partial charge < -0.3 is 15.4 Å². The number of primary amides is 1. The number of likely N-dealkylation sites (N-methyl/N-ethyl adjacent to an activating group) is 1. The molecule has 2 heterocycles. The number of carbonyl (C=O) groups is 1. The monoisotopic (exact) mass is 462 g/mol. The summed E-state index contributed by atoms with van der Waals surface area (Å²) in [5, 5.41) is 0.923. The lowest BCUT2D eigenvalue weighted by atomic mass is 9.82. The maximum Gasteiger partial charge on any atom is 0.249 e. The molecule has 1 amide bonds. The van der Waals surface area contributed by atoms with Gasteiger partial charge in [-0.2, -0.15) is 0 Å². The van der Waals surface area contributed by atoms with Gasteiger partial charge >= 0.3 is 0 Å². The summed E-state index contributed by atoms with van der Waals surface area (Å²) in [6.07, 6.45) is 2.95. The lowest BCUT2D eigenvalue weighted by Crippen LogP contribution is -2.48. The molecular formula is C27H31FN4O2. The molecule has 0 spiro atoms. The Bertz CT molecular complexity index is 1290. The summed E-state index contributed by atoms with van der Waals surface area (Å²) in [5.74, 6) is 0.664. The number of likely N-dealkylation sites (tertiary alicyclic amines) is 1. The van der Waals surface area contributed by atoms with Crippen LogP contribution in [0.15, 0.2) is 36.4 Å². The van der Waals surface area contributed by atoms with Crippen LogP contribution in [-0.2, 0) is 5.41 Å². The Kier molecular flexibility index (Phi) is 5.47. The van der Waals surface area contributed by atoms with Crippen molar-refractivity contribution in [3.63, 3.8) is 0 Å². The van der Waals surface area contributed by atoms with Crippen LogP contribution in [0.2, 0.25) is 0 Å².